The van der Waals surface area contributed by atoms with Crippen molar-refractivity contribution in [3.8, 4) is 0 Å². The average molecular weight is 318 g/mol. The van der Waals surface area contributed by atoms with Crippen molar-refractivity contribution in [1.82, 2.24) is 10.2 Å². The van der Waals surface area contributed by atoms with Crippen LogP contribution in [0.1, 0.15) is 5.89 Å². The minimum atomic E-state index is 0.336. The second kappa shape index (κ2) is 5.48. The van der Waals surface area contributed by atoms with E-state index >= 15 is 0 Å². The maximum Gasteiger partial charge on any atom is 0.320 e. The first kappa shape index (κ1) is 12.3. The first-order valence-corrected chi connectivity index (χ1v) is 6.10. The zero-order valence-electron chi connectivity index (χ0n) is 8.78. The van der Waals surface area contributed by atoms with Gasteiger partial charge >= 0.3 is 6.01 Å². The Kier molecular flexibility index (Phi) is 3.98. The van der Waals surface area contributed by atoms with Gasteiger partial charge in [0.25, 0.3) is 0 Å². The highest BCUT2D eigenvalue weighted by Crippen LogP contribution is 2.26. The highest BCUT2D eigenvalue weighted by atomic mass is 79.9. The van der Waals surface area contributed by atoms with Crippen LogP contribution in [-0.4, -0.2) is 16.7 Å². The minimum absolute atomic E-state index is 0.336. The van der Waals surface area contributed by atoms with Crippen LogP contribution in [0.15, 0.2) is 27.1 Å². The van der Waals surface area contributed by atoms with Crippen LogP contribution in [0, 0.1) is 0 Å². The van der Waals surface area contributed by atoms with Crippen LogP contribution in [0.4, 0.5) is 11.7 Å². The van der Waals surface area contributed by atoms with Crippen molar-refractivity contribution in [3.63, 3.8) is 0 Å². The summed E-state index contributed by atoms with van der Waals surface area (Å²) in [7, 11) is 0. The van der Waals surface area contributed by atoms with Gasteiger partial charge in [-0.3, -0.25) is 0 Å². The number of hydrogen-bond acceptors (Lipinski definition) is 5. The van der Waals surface area contributed by atoms with Gasteiger partial charge in [-0.1, -0.05) is 16.7 Å². The van der Waals surface area contributed by atoms with Crippen molar-refractivity contribution in [1.29, 1.82) is 0 Å². The Hall–Kier alpha value is -1.11. The molecule has 0 saturated heterocycles. The zero-order chi connectivity index (χ0) is 12.3. The highest BCUT2D eigenvalue weighted by molar-refractivity contribution is 9.10. The Morgan fingerprint density at radius 1 is 1.41 bits per heavy atom. The third-order valence-corrected chi connectivity index (χ3v) is 3.21. The van der Waals surface area contributed by atoms with Gasteiger partial charge in [-0.25, -0.2) is 0 Å². The van der Waals surface area contributed by atoms with E-state index in [0.29, 0.717) is 29.9 Å². The van der Waals surface area contributed by atoms with Gasteiger partial charge in [0.05, 0.1) is 5.02 Å². The second-order valence-electron chi connectivity index (χ2n) is 3.29. The summed E-state index contributed by atoms with van der Waals surface area (Å²) in [5, 5.41) is 11.3. The smallest absolute Gasteiger partial charge is 0.320 e. The van der Waals surface area contributed by atoms with E-state index in [1.54, 1.807) is 6.07 Å². The fraction of sp³-hybridized carbons (Fsp3) is 0.200. The molecule has 0 bridgehead atoms. The number of rotatable bonds is 4. The quantitative estimate of drug-likeness (QED) is 0.906. The van der Waals surface area contributed by atoms with E-state index in [9.17, 15) is 0 Å². The van der Waals surface area contributed by atoms with Gasteiger partial charge in [-0.15, -0.1) is 5.10 Å². The number of nitrogens with two attached hydrogens (primary N) is 1. The van der Waals surface area contributed by atoms with Crippen LogP contribution in [0.3, 0.4) is 0 Å². The van der Waals surface area contributed by atoms with Crippen LogP contribution < -0.4 is 11.1 Å². The summed E-state index contributed by atoms with van der Waals surface area (Å²) in [5.74, 6) is 0.517. The first-order valence-electron chi connectivity index (χ1n) is 4.93. The van der Waals surface area contributed by atoms with Crippen molar-refractivity contribution in [2.45, 2.75) is 6.42 Å². The normalized spacial score (nSPS) is 10.5. The molecule has 1 aromatic heterocycles. The Labute approximate surface area is 111 Å². The lowest BCUT2D eigenvalue weighted by Gasteiger charge is -2.02. The van der Waals surface area contributed by atoms with E-state index in [-0.39, 0.29) is 0 Å². The molecular weight excluding hydrogens is 307 g/mol. The number of anilines is 2. The summed E-state index contributed by atoms with van der Waals surface area (Å²) < 4.78 is 6.13. The van der Waals surface area contributed by atoms with Crippen LogP contribution in [-0.2, 0) is 6.42 Å². The molecule has 0 fully saturated rings. The molecule has 5 nitrogen and oxygen atoms in total. The summed E-state index contributed by atoms with van der Waals surface area (Å²) in [6.45, 7) is 0.480. The van der Waals surface area contributed by atoms with E-state index in [1.807, 2.05) is 12.1 Å². The monoisotopic (exact) mass is 316 g/mol. The third-order valence-electron chi connectivity index (χ3n) is 2.00. The summed E-state index contributed by atoms with van der Waals surface area (Å²) in [6, 6.07) is 5.75. The molecule has 3 N–H and O–H groups in total. The molecule has 0 amide bonds. The SMILES string of the molecule is NCCc1nnc(Nc2ccc(Cl)c(Br)c2)o1. The fourth-order valence-electron chi connectivity index (χ4n) is 1.23. The second-order valence-corrected chi connectivity index (χ2v) is 4.56. The van der Waals surface area contributed by atoms with Gasteiger partial charge < -0.3 is 15.5 Å². The largest absolute Gasteiger partial charge is 0.408 e. The number of nitrogens with zero attached hydrogens (tertiary/aromatic N) is 2. The molecule has 1 aromatic carbocycles. The number of hydrogen-bond donors (Lipinski definition) is 2. The van der Waals surface area contributed by atoms with Crippen LogP contribution in [0.5, 0.6) is 0 Å². The molecule has 1 heterocycles. The summed E-state index contributed by atoms with van der Waals surface area (Å²) in [6.07, 6.45) is 0.568. The maximum atomic E-state index is 5.89. The van der Waals surface area contributed by atoms with E-state index in [0.717, 1.165) is 10.2 Å². The Morgan fingerprint density at radius 3 is 2.94 bits per heavy atom. The molecule has 0 unspecified atom stereocenters. The molecule has 0 atom stereocenters. The number of benzene rings is 1. The molecule has 2 rings (SSSR count). The topological polar surface area (TPSA) is 77.0 Å². The van der Waals surface area contributed by atoms with Crippen LogP contribution in [0.25, 0.3) is 0 Å². The van der Waals surface area contributed by atoms with Gasteiger partial charge in [0.1, 0.15) is 0 Å². The molecule has 0 aliphatic rings. The van der Waals surface area contributed by atoms with Gasteiger partial charge in [0, 0.05) is 23.1 Å². The Bertz CT molecular complexity index is 517. The molecule has 90 valence electrons. The van der Waals surface area contributed by atoms with Crippen molar-refractivity contribution < 1.29 is 4.42 Å². The lowest BCUT2D eigenvalue weighted by atomic mass is 10.3. The Morgan fingerprint density at radius 2 is 2.24 bits per heavy atom. The molecule has 2 aromatic rings. The third kappa shape index (κ3) is 3.18. The number of halogens is 2. The highest BCUT2D eigenvalue weighted by Gasteiger charge is 2.06. The fourth-order valence-corrected chi connectivity index (χ4v) is 1.72. The number of nitrogens with one attached hydrogen (secondary N) is 1. The van der Waals surface area contributed by atoms with Crippen molar-refractivity contribution in [2.24, 2.45) is 5.73 Å². The van der Waals surface area contributed by atoms with Gasteiger partial charge in [0.2, 0.25) is 5.89 Å². The summed E-state index contributed by atoms with van der Waals surface area (Å²) in [4.78, 5) is 0. The van der Waals surface area contributed by atoms with Crippen molar-refractivity contribution in [3.05, 3.63) is 33.6 Å². The van der Waals surface area contributed by atoms with E-state index < -0.39 is 0 Å². The lowest BCUT2D eigenvalue weighted by Crippen LogP contribution is -2.02. The number of aromatic nitrogens is 2. The average Bonchev–Trinajstić information content (AvgIpc) is 2.72. The molecule has 0 saturated carbocycles. The molecular formula is C10H10BrClN4O. The van der Waals surface area contributed by atoms with Crippen molar-refractivity contribution >= 4 is 39.2 Å². The van der Waals surface area contributed by atoms with Crippen LogP contribution in [0.2, 0.25) is 5.02 Å². The molecule has 17 heavy (non-hydrogen) atoms. The molecule has 0 radical (unpaired) electrons. The summed E-state index contributed by atoms with van der Waals surface area (Å²) in [5.41, 5.74) is 6.20. The molecule has 0 aliphatic heterocycles. The van der Waals surface area contributed by atoms with Crippen molar-refractivity contribution in [2.75, 3.05) is 11.9 Å². The van der Waals surface area contributed by atoms with Gasteiger partial charge in [-0.2, -0.15) is 0 Å². The zero-order valence-corrected chi connectivity index (χ0v) is 11.1. The molecule has 0 spiro atoms. The van der Waals surface area contributed by atoms with E-state index in [2.05, 4.69) is 31.4 Å². The van der Waals surface area contributed by atoms with Crippen LogP contribution >= 0.6 is 27.5 Å². The maximum absolute atomic E-state index is 5.89. The predicted molar refractivity (Wildman–Crippen MR) is 69.5 cm³/mol. The molecule has 7 heteroatoms. The lowest BCUT2D eigenvalue weighted by molar-refractivity contribution is 0.510. The minimum Gasteiger partial charge on any atom is -0.408 e. The standard InChI is InChI=1S/C10H10BrClN4O/c11-7-5-6(1-2-8(7)12)14-10-16-15-9(17-10)3-4-13/h1-2,5H,3-4,13H2,(H,14,16). The molecule has 0 aliphatic carbocycles. The van der Waals surface area contributed by atoms with E-state index in [1.165, 1.54) is 0 Å². The Balaban J connectivity index is 2.11. The first-order chi connectivity index (χ1) is 8.19. The van der Waals surface area contributed by atoms with Gasteiger partial charge in [0.15, 0.2) is 0 Å². The van der Waals surface area contributed by atoms with Gasteiger partial charge in [-0.05, 0) is 34.1 Å². The van der Waals surface area contributed by atoms with E-state index in [4.69, 9.17) is 21.8 Å². The summed E-state index contributed by atoms with van der Waals surface area (Å²) >= 11 is 9.22. The predicted octanol–water partition coefficient (Wildman–Crippen LogP) is 2.73.